The molecule has 0 aromatic rings. The number of amides is 2. The molecule has 0 atom stereocenters. The van der Waals surface area contributed by atoms with Crippen molar-refractivity contribution in [2.24, 2.45) is 0 Å². The van der Waals surface area contributed by atoms with Gasteiger partial charge in [0, 0.05) is 24.3 Å². The first-order valence-corrected chi connectivity index (χ1v) is 30.4. The second kappa shape index (κ2) is 41.5. The van der Waals surface area contributed by atoms with Crippen LogP contribution in [-0.4, -0.2) is 63.2 Å². The van der Waals surface area contributed by atoms with Gasteiger partial charge in [0.15, 0.2) is 0 Å². The number of rotatable bonds is 44. The topological polar surface area (TPSA) is 104 Å². The van der Waals surface area contributed by atoms with E-state index in [0.29, 0.717) is 37.9 Å². The average molecular weight is 893 g/mol. The number of hydrogen-bond acceptors (Lipinski definition) is 11. The van der Waals surface area contributed by atoms with Gasteiger partial charge in [-0.1, -0.05) is 179 Å². The molecule has 9 nitrogen and oxygen atoms in total. The van der Waals surface area contributed by atoms with Gasteiger partial charge in [0.25, 0.3) is 0 Å². The Kier molecular flexibility index (Phi) is 42.0. The molecule has 55 heavy (non-hydrogen) atoms. The predicted octanol–water partition coefficient (Wildman–Crippen LogP) is 13.4. The second-order valence-corrected chi connectivity index (χ2v) is 27.0. The van der Waals surface area contributed by atoms with E-state index < -0.39 is 11.4 Å². The lowest BCUT2D eigenvalue weighted by Gasteiger charge is -2.21. The van der Waals surface area contributed by atoms with Crippen LogP contribution in [0.2, 0.25) is 0 Å². The third-order valence-electron chi connectivity index (χ3n) is 8.89. The van der Waals surface area contributed by atoms with Crippen LogP contribution in [0.5, 0.6) is 0 Å². The fourth-order valence-corrected chi connectivity index (χ4v) is 14.2. The van der Waals surface area contributed by atoms with Crippen LogP contribution >= 0.6 is 34.2 Å². The van der Waals surface area contributed by atoms with Crippen molar-refractivity contribution < 1.29 is 32.4 Å². The standard InChI is InChI=1S/C40H82N2O7P2S4/c1-5-9-13-17-21-25-31-46-50(52,47-32-26-22-18-14-10-6-2)54-35-29-39(43)41-37-45-38-42-40(44)30-36-55-51(53,48-33-27-23-19-15-11-7-3)49-34-28-24-20-16-12-8-4/h5-38H2,1-4H3,(H,41,43)(H,42,44). The molecule has 2 N–H and O–H groups in total. The highest BCUT2D eigenvalue weighted by molar-refractivity contribution is 8.68. The molecule has 15 heteroatoms. The highest BCUT2D eigenvalue weighted by Crippen LogP contribution is 2.62. The van der Waals surface area contributed by atoms with Gasteiger partial charge in [0.2, 0.25) is 23.2 Å². The van der Waals surface area contributed by atoms with Crippen molar-refractivity contribution in [1.82, 2.24) is 10.6 Å². The van der Waals surface area contributed by atoms with Gasteiger partial charge in [-0.2, -0.15) is 0 Å². The van der Waals surface area contributed by atoms with Crippen molar-refractivity contribution in [1.29, 1.82) is 0 Å². The van der Waals surface area contributed by atoms with Gasteiger partial charge in [0.05, 0.1) is 26.4 Å². The van der Waals surface area contributed by atoms with Crippen LogP contribution in [0, 0.1) is 0 Å². The molecule has 0 radical (unpaired) electrons. The van der Waals surface area contributed by atoms with Gasteiger partial charge in [-0.15, -0.1) is 0 Å². The van der Waals surface area contributed by atoms with Crippen LogP contribution < -0.4 is 10.6 Å². The van der Waals surface area contributed by atoms with Crippen LogP contribution in [0.1, 0.15) is 195 Å². The number of carbonyl (C=O) groups is 2. The zero-order valence-electron chi connectivity index (χ0n) is 35.4. The van der Waals surface area contributed by atoms with Crippen LogP contribution in [0.15, 0.2) is 0 Å². The Morgan fingerprint density at radius 2 is 0.691 bits per heavy atom. The summed E-state index contributed by atoms with van der Waals surface area (Å²) in [6.07, 6.45) is 29.0. The van der Waals surface area contributed by atoms with E-state index in [1.165, 1.54) is 125 Å². The summed E-state index contributed by atoms with van der Waals surface area (Å²) in [5.74, 6) is 0.749. The monoisotopic (exact) mass is 892 g/mol. The Bertz CT molecular complexity index is 870. The molecule has 0 saturated carbocycles. The van der Waals surface area contributed by atoms with Crippen LogP contribution in [0.4, 0.5) is 0 Å². The van der Waals surface area contributed by atoms with Gasteiger partial charge in [0.1, 0.15) is 13.5 Å². The molecule has 0 aliphatic carbocycles. The second-order valence-electron chi connectivity index (χ2n) is 14.2. The van der Waals surface area contributed by atoms with Gasteiger partial charge in [-0.25, -0.2) is 0 Å². The minimum absolute atomic E-state index is 0.00905. The van der Waals surface area contributed by atoms with Crippen molar-refractivity contribution in [2.45, 2.75) is 195 Å². The minimum atomic E-state index is -2.52. The average Bonchev–Trinajstić information content (AvgIpc) is 3.16. The number of carbonyl (C=O) groups excluding carboxylic acids is 2. The minimum Gasteiger partial charge on any atom is -0.341 e. The Morgan fingerprint density at radius 1 is 0.436 bits per heavy atom. The smallest absolute Gasteiger partial charge is 0.247 e. The van der Waals surface area contributed by atoms with Crippen molar-refractivity contribution in [2.75, 3.05) is 51.4 Å². The molecule has 0 bridgehead atoms. The summed E-state index contributed by atoms with van der Waals surface area (Å²) in [6, 6.07) is 0. The Hall–Kier alpha value is 0.740. The molecule has 0 unspecified atom stereocenters. The first-order chi connectivity index (χ1) is 26.7. The summed E-state index contributed by atoms with van der Waals surface area (Å²) < 4.78 is 30.1. The van der Waals surface area contributed by atoms with Crippen LogP contribution in [-0.2, 0) is 56.0 Å². The third-order valence-corrected chi connectivity index (χ3v) is 19.7. The van der Waals surface area contributed by atoms with E-state index in [1.807, 2.05) is 0 Å². The summed E-state index contributed by atoms with van der Waals surface area (Å²) >= 11 is 14.7. The van der Waals surface area contributed by atoms with Crippen molar-refractivity contribution in [3.8, 4) is 0 Å². The van der Waals surface area contributed by atoms with E-state index in [2.05, 4.69) is 38.3 Å². The van der Waals surface area contributed by atoms with E-state index >= 15 is 0 Å². The van der Waals surface area contributed by atoms with Crippen molar-refractivity contribution in [3.05, 3.63) is 0 Å². The van der Waals surface area contributed by atoms with Crippen molar-refractivity contribution in [3.63, 3.8) is 0 Å². The highest BCUT2D eigenvalue weighted by Gasteiger charge is 2.22. The molecule has 0 aliphatic heterocycles. The number of hydrogen-bond donors (Lipinski definition) is 2. The molecule has 0 heterocycles. The number of unbranched alkanes of at least 4 members (excludes halogenated alkanes) is 20. The predicted molar refractivity (Wildman–Crippen MR) is 247 cm³/mol. The summed E-state index contributed by atoms with van der Waals surface area (Å²) in [4.78, 5) is 25.0. The lowest BCUT2D eigenvalue weighted by atomic mass is 10.1. The zero-order chi connectivity index (χ0) is 40.6. The Morgan fingerprint density at radius 3 is 0.964 bits per heavy atom. The Labute approximate surface area is 356 Å². The van der Waals surface area contributed by atoms with Crippen molar-refractivity contribution >= 4 is 69.6 Å². The first-order valence-electron chi connectivity index (χ1n) is 21.9. The highest BCUT2D eigenvalue weighted by atomic mass is 32.9. The summed E-state index contributed by atoms with van der Waals surface area (Å²) in [5, 5.41) is 5.52. The van der Waals surface area contributed by atoms with E-state index in [4.69, 9.17) is 46.4 Å². The van der Waals surface area contributed by atoms with Crippen LogP contribution in [0.3, 0.4) is 0 Å². The lowest BCUT2D eigenvalue weighted by molar-refractivity contribution is -0.123. The largest absolute Gasteiger partial charge is 0.341 e. The number of nitrogens with one attached hydrogen (secondary N) is 2. The molecule has 0 aliphatic rings. The van der Waals surface area contributed by atoms with Gasteiger partial charge in [-0.3, -0.25) is 9.59 Å². The zero-order valence-corrected chi connectivity index (χ0v) is 40.5. The third kappa shape index (κ3) is 38.7. The molecule has 328 valence electrons. The summed E-state index contributed by atoms with van der Waals surface area (Å²) in [5.41, 5.74) is -5.04. The van der Waals surface area contributed by atoms with E-state index in [9.17, 15) is 9.59 Å². The van der Waals surface area contributed by atoms with E-state index in [0.717, 1.165) is 51.4 Å². The molecular formula is C40H82N2O7P2S4. The van der Waals surface area contributed by atoms with E-state index in [1.54, 1.807) is 0 Å². The van der Waals surface area contributed by atoms with Gasteiger partial charge < -0.3 is 33.5 Å². The fourth-order valence-electron chi connectivity index (χ4n) is 5.45. The molecule has 0 saturated heterocycles. The fraction of sp³-hybridized carbons (Fsp3) is 0.950. The van der Waals surface area contributed by atoms with E-state index in [-0.39, 0.29) is 38.1 Å². The molecule has 0 aromatic heterocycles. The maximum atomic E-state index is 12.5. The molecule has 2 amide bonds. The Balaban J connectivity index is 4.45. The van der Waals surface area contributed by atoms with Gasteiger partial charge >= 0.3 is 0 Å². The molecule has 0 spiro atoms. The lowest BCUT2D eigenvalue weighted by Crippen LogP contribution is -2.31. The number of ether oxygens (including phenoxy) is 1. The molecule has 0 rings (SSSR count). The molecule has 0 aromatic carbocycles. The summed E-state index contributed by atoms with van der Waals surface area (Å²) in [6.45, 7) is 11.3. The van der Waals surface area contributed by atoms with Crippen LogP contribution in [0.25, 0.3) is 0 Å². The maximum absolute atomic E-state index is 12.5. The maximum Gasteiger partial charge on any atom is 0.247 e. The molecular weight excluding hydrogens is 811 g/mol. The quantitative estimate of drug-likeness (QED) is 0.0347. The van der Waals surface area contributed by atoms with Gasteiger partial charge in [-0.05, 0) is 49.3 Å². The molecule has 0 fully saturated rings. The normalized spacial score (nSPS) is 12.0. The first kappa shape index (κ1) is 55.7. The SMILES string of the molecule is CCCCCCCCOP(=S)(OCCCCCCCC)SCCC(=O)NCOCNC(=O)CCSP(=S)(OCCCCCCCC)OCCCCCCCC. The summed E-state index contributed by atoms with van der Waals surface area (Å²) in [7, 11) is 0.